The molecule has 2 heterocycles. The van der Waals surface area contributed by atoms with Gasteiger partial charge in [-0.1, -0.05) is 41.9 Å². The van der Waals surface area contributed by atoms with E-state index in [-0.39, 0.29) is 23.0 Å². The molecule has 216 valence electrons. The quantitative estimate of drug-likeness (QED) is 0.440. The Balaban J connectivity index is 0.000000559. The third-order valence-electron chi connectivity index (χ3n) is 6.22. The first-order valence-corrected chi connectivity index (χ1v) is 13.1. The van der Waals surface area contributed by atoms with Gasteiger partial charge in [0.05, 0.1) is 24.2 Å². The summed E-state index contributed by atoms with van der Waals surface area (Å²) < 4.78 is 33.3. The maximum absolute atomic E-state index is 13.3. The Bertz CT molecular complexity index is 1400. The Kier molecular flexibility index (Phi) is 9.96. The fraction of sp³-hybridized carbons (Fsp3) is 0.429. The van der Waals surface area contributed by atoms with E-state index in [2.05, 4.69) is 10.2 Å². The van der Waals surface area contributed by atoms with Crippen molar-refractivity contribution in [1.82, 2.24) is 20.0 Å². The number of rotatable bonds is 6. The van der Waals surface area contributed by atoms with Crippen LogP contribution in [0.2, 0.25) is 5.02 Å². The zero-order chi connectivity index (χ0) is 29.7. The number of carboxylic acids is 1. The van der Waals surface area contributed by atoms with E-state index in [0.29, 0.717) is 29.9 Å². The number of carboxylic acid groups (broad SMARTS) is 1. The molecule has 1 fully saturated rings. The summed E-state index contributed by atoms with van der Waals surface area (Å²) in [5.74, 6) is -2.75. The monoisotopic (exact) mass is 580 g/mol. The lowest BCUT2D eigenvalue weighted by Crippen LogP contribution is -2.48. The second-order valence-corrected chi connectivity index (χ2v) is 11.1. The molecule has 0 saturated carbocycles. The van der Waals surface area contributed by atoms with E-state index in [1.165, 1.54) is 0 Å². The molecule has 0 spiro atoms. The summed E-state index contributed by atoms with van der Waals surface area (Å²) in [5.41, 5.74) is 1.60. The standard InChI is InChI=1S/C26H31ClN4O2.C2HF3O2/c1-26(2,3)28-24(32)17-30-14-6-7-20(30)16-31-25(33)22-9-5-4-8-21(22)23(29-31)15-18-10-12-19(27)13-11-18;3-2(4,5)1(6)7/h4-5,8-13,20H,6-7,14-17H2,1-3H3,(H,28,32);(H,6,7)/t20-;/m1./s1. The summed E-state index contributed by atoms with van der Waals surface area (Å²) in [6.07, 6.45) is -2.52. The molecular formula is C28H32ClF3N4O4. The van der Waals surface area contributed by atoms with Crippen LogP contribution in [0.1, 0.15) is 44.9 Å². The average Bonchev–Trinajstić information content (AvgIpc) is 3.28. The van der Waals surface area contributed by atoms with Gasteiger partial charge in [-0.05, 0) is 63.9 Å². The van der Waals surface area contributed by atoms with E-state index in [1.54, 1.807) is 4.68 Å². The van der Waals surface area contributed by atoms with Crippen LogP contribution < -0.4 is 10.9 Å². The molecule has 1 aliphatic heterocycles. The number of carbonyl (C=O) groups excluding carboxylic acids is 1. The minimum absolute atomic E-state index is 0.0108. The van der Waals surface area contributed by atoms with Crippen molar-refractivity contribution in [2.75, 3.05) is 13.1 Å². The van der Waals surface area contributed by atoms with Crippen LogP contribution in [0.3, 0.4) is 0 Å². The van der Waals surface area contributed by atoms with Crippen LogP contribution in [0.25, 0.3) is 10.8 Å². The van der Waals surface area contributed by atoms with Crippen LogP contribution in [0, 0.1) is 0 Å². The van der Waals surface area contributed by atoms with Gasteiger partial charge in [-0.15, -0.1) is 0 Å². The number of carbonyl (C=O) groups is 2. The summed E-state index contributed by atoms with van der Waals surface area (Å²) in [4.78, 5) is 36.8. The lowest BCUT2D eigenvalue weighted by atomic mass is 10.0. The van der Waals surface area contributed by atoms with Crippen LogP contribution in [0.4, 0.5) is 13.2 Å². The number of halogens is 4. The molecular weight excluding hydrogens is 549 g/mol. The third kappa shape index (κ3) is 8.79. The minimum atomic E-state index is -5.08. The van der Waals surface area contributed by atoms with Crippen molar-refractivity contribution < 1.29 is 27.9 Å². The molecule has 3 aromatic rings. The number of nitrogens with one attached hydrogen (secondary N) is 1. The van der Waals surface area contributed by atoms with Gasteiger partial charge in [-0.3, -0.25) is 14.5 Å². The van der Waals surface area contributed by atoms with Crippen LogP contribution >= 0.6 is 11.6 Å². The largest absolute Gasteiger partial charge is 0.490 e. The fourth-order valence-corrected chi connectivity index (χ4v) is 4.63. The molecule has 2 N–H and O–H groups in total. The van der Waals surface area contributed by atoms with Crippen molar-refractivity contribution >= 4 is 34.2 Å². The van der Waals surface area contributed by atoms with E-state index in [0.717, 1.165) is 36.0 Å². The van der Waals surface area contributed by atoms with E-state index in [9.17, 15) is 22.8 Å². The highest BCUT2D eigenvalue weighted by Crippen LogP contribution is 2.21. The first kappa shape index (κ1) is 31.1. The summed E-state index contributed by atoms with van der Waals surface area (Å²) >= 11 is 6.04. The Morgan fingerprint density at radius 1 is 1.07 bits per heavy atom. The second-order valence-electron chi connectivity index (χ2n) is 10.7. The molecule has 1 saturated heterocycles. The molecule has 0 aliphatic carbocycles. The van der Waals surface area contributed by atoms with Crippen molar-refractivity contribution in [3.63, 3.8) is 0 Å². The molecule has 8 nitrogen and oxygen atoms in total. The number of alkyl halides is 3. The fourth-order valence-electron chi connectivity index (χ4n) is 4.51. The van der Waals surface area contributed by atoms with Crippen LogP contribution in [-0.2, 0) is 22.6 Å². The predicted octanol–water partition coefficient (Wildman–Crippen LogP) is 4.65. The summed E-state index contributed by atoms with van der Waals surface area (Å²) in [6.45, 7) is 7.59. The molecule has 4 rings (SSSR count). The van der Waals surface area contributed by atoms with Crippen molar-refractivity contribution in [3.05, 3.63) is 75.2 Å². The zero-order valence-electron chi connectivity index (χ0n) is 22.5. The van der Waals surface area contributed by atoms with Crippen molar-refractivity contribution in [3.8, 4) is 0 Å². The van der Waals surface area contributed by atoms with Crippen molar-refractivity contribution in [2.45, 2.75) is 64.3 Å². The van der Waals surface area contributed by atoms with Gasteiger partial charge in [0.1, 0.15) is 0 Å². The highest BCUT2D eigenvalue weighted by atomic mass is 35.5. The number of nitrogens with zero attached hydrogens (tertiary/aromatic N) is 3. The van der Waals surface area contributed by atoms with Gasteiger partial charge >= 0.3 is 12.1 Å². The van der Waals surface area contributed by atoms with Crippen LogP contribution in [0.5, 0.6) is 0 Å². The summed E-state index contributed by atoms with van der Waals surface area (Å²) in [6, 6.07) is 15.5. The number of benzene rings is 2. The van der Waals surface area contributed by atoms with Gasteiger partial charge in [-0.2, -0.15) is 18.3 Å². The van der Waals surface area contributed by atoms with Gasteiger partial charge in [-0.25, -0.2) is 9.48 Å². The van der Waals surface area contributed by atoms with Gasteiger partial charge in [0.25, 0.3) is 5.56 Å². The number of hydrogen-bond donors (Lipinski definition) is 2. The maximum atomic E-state index is 13.3. The highest BCUT2D eigenvalue weighted by Gasteiger charge is 2.38. The van der Waals surface area contributed by atoms with Gasteiger partial charge < -0.3 is 10.4 Å². The van der Waals surface area contributed by atoms with Gasteiger partial charge in [0, 0.05) is 28.4 Å². The minimum Gasteiger partial charge on any atom is -0.475 e. The Morgan fingerprint density at radius 2 is 1.68 bits per heavy atom. The molecule has 1 aliphatic rings. The first-order chi connectivity index (χ1) is 18.6. The molecule has 2 aromatic carbocycles. The lowest BCUT2D eigenvalue weighted by Gasteiger charge is -2.27. The first-order valence-electron chi connectivity index (χ1n) is 12.7. The third-order valence-corrected chi connectivity index (χ3v) is 6.47. The summed E-state index contributed by atoms with van der Waals surface area (Å²) in [5, 5.41) is 17.2. The average molecular weight is 581 g/mol. The SMILES string of the molecule is CC(C)(C)NC(=O)CN1CCC[C@@H]1Cn1nc(Cc2ccc(Cl)cc2)c2ccccc2c1=O.O=C(O)C(F)(F)F. The molecule has 1 atom stereocenters. The van der Waals surface area contributed by atoms with E-state index >= 15 is 0 Å². The second kappa shape index (κ2) is 12.8. The van der Waals surface area contributed by atoms with E-state index in [1.807, 2.05) is 69.3 Å². The molecule has 12 heteroatoms. The van der Waals surface area contributed by atoms with Gasteiger partial charge in [0.2, 0.25) is 5.91 Å². The van der Waals surface area contributed by atoms with Crippen LogP contribution in [0.15, 0.2) is 53.3 Å². The molecule has 0 radical (unpaired) electrons. The Morgan fingerprint density at radius 3 is 2.25 bits per heavy atom. The molecule has 0 bridgehead atoms. The van der Waals surface area contributed by atoms with Gasteiger partial charge in [0.15, 0.2) is 0 Å². The highest BCUT2D eigenvalue weighted by molar-refractivity contribution is 6.30. The Hall–Kier alpha value is -3.44. The van der Waals surface area contributed by atoms with E-state index < -0.39 is 12.1 Å². The van der Waals surface area contributed by atoms with Crippen molar-refractivity contribution in [1.29, 1.82) is 0 Å². The number of aromatic nitrogens is 2. The van der Waals surface area contributed by atoms with E-state index in [4.69, 9.17) is 26.6 Å². The molecule has 1 aromatic heterocycles. The molecule has 0 unspecified atom stereocenters. The molecule has 1 amide bonds. The van der Waals surface area contributed by atoms with Crippen LogP contribution in [-0.4, -0.2) is 62.5 Å². The Labute approximate surface area is 234 Å². The predicted molar refractivity (Wildman–Crippen MR) is 146 cm³/mol. The number of likely N-dealkylation sites (tertiary alicyclic amines) is 1. The zero-order valence-corrected chi connectivity index (χ0v) is 23.2. The molecule has 40 heavy (non-hydrogen) atoms. The maximum Gasteiger partial charge on any atom is 0.490 e. The number of fused-ring (bicyclic) bond motifs is 1. The summed E-state index contributed by atoms with van der Waals surface area (Å²) in [7, 11) is 0. The lowest BCUT2D eigenvalue weighted by molar-refractivity contribution is -0.192. The number of aliphatic carboxylic acids is 1. The number of amides is 1. The normalized spacial score (nSPS) is 15.9. The number of hydrogen-bond acceptors (Lipinski definition) is 5. The topological polar surface area (TPSA) is 105 Å². The van der Waals surface area contributed by atoms with Crippen molar-refractivity contribution in [2.24, 2.45) is 0 Å². The smallest absolute Gasteiger partial charge is 0.475 e.